The van der Waals surface area contributed by atoms with E-state index in [1.54, 1.807) is 13.0 Å². The monoisotopic (exact) mass is 297 g/mol. The molecule has 0 aromatic heterocycles. The van der Waals surface area contributed by atoms with E-state index in [1.165, 1.54) is 0 Å². The highest BCUT2D eigenvalue weighted by Crippen LogP contribution is 2.29. The Morgan fingerprint density at radius 2 is 1.80 bits per heavy atom. The van der Waals surface area contributed by atoms with E-state index in [4.69, 9.17) is 5.11 Å². The van der Waals surface area contributed by atoms with Gasteiger partial charge in [0.25, 0.3) is 0 Å². The van der Waals surface area contributed by atoms with E-state index in [2.05, 4.69) is 0 Å². The first kappa shape index (κ1) is 15.0. The molecule has 0 amide bonds. The fraction of sp³-hybridized carbons (Fsp3) is 0.500. The van der Waals surface area contributed by atoms with E-state index in [0.29, 0.717) is 18.4 Å². The standard InChI is InChI=1S/C14H19NO4S/c1-9-7-11(3)13(8-10(9)2)20(18,19)15-6-4-5-12(15)14(16)17/h7-8,12H,4-6H2,1-3H3,(H,16,17). The van der Waals surface area contributed by atoms with Crippen LogP contribution < -0.4 is 0 Å². The quantitative estimate of drug-likeness (QED) is 0.924. The minimum absolute atomic E-state index is 0.216. The highest BCUT2D eigenvalue weighted by molar-refractivity contribution is 7.89. The van der Waals surface area contributed by atoms with Gasteiger partial charge in [0.1, 0.15) is 6.04 Å². The van der Waals surface area contributed by atoms with Gasteiger partial charge in [0.15, 0.2) is 0 Å². The molecule has 1 aliphatic heterocycles. The first-order chi connectivity index (χ1) is 9.25. The van der Waals surface area contributed by atoms with Crippen molar-refractivity contribution in [2.75, 3.05) is 6.54 Å². The van der Waals surface area contributed by atoms with Crippen molar-refractivity contribution in [1.82, 2.24) is 4.31 Å². The van der Waals surface area contributed by atoms with Crippen molar-refractivity contribution in [2.24, 2.45) is 0 Å². The van der Waals surface area contributed by atoms with E-state index in [1.807, 2.05) is 19.9 Å². The van der Waals surface area contributed by atoms with Crippen molar-refractivity contribution in [3.05, 3.63) is 28.8 Å². The topological polar surface area (TPSA) is 74.7 Å². The van der Waals surface area contributed by atoms with Crippen LogP contribution in [0.25, 0.3) is 0 Å². The van der Waals surface area contributed by atoms with E-state index < -0.39 is 22.0 Å². The van der Waals surface area contributed by atoms with Gasteiger partial charge in [-0.15, -0.1) is 0 Å². The summed E-state index contributed by atoms with van der Waals surface area (Å²) in [5.41, 5.74) is 2.57. The third kappa shape index (κ3) is 2.45. The van der Waals surface area contributed by atoms with Gasteiger partial charge in [-0.3, -0.25) is 4.79 Å². The van der Waals surface area contributed by atoms with Gasteiger partial charge in [-0.2, -0.15) is 4.31 Å². The van der Waals surface area contributed by atoms with Crippen LogP contribution in [0.2, 0.25) is 0 Å². The van der Waals surface area contributed by atoms with Crippen LogP contribution in [-0.2, 0) is 14.8 Å². The molecule has 6 heteroatoms. The molecule has 110 valence electrons. The number of sulfonamides is 1. The van der Waals surface area contributed by atoms with Gasteiger partial charge in [-0.05, 0) is 56.4 Å². The van der Waals surface area contributed by atoms with Crippen LogP contribution in [0.5, 0.6) is 0 Å². The second-order valence-electron chi connectivity index (χ2n) is 5.31. The zero-order valence-corrected chi connectivity index (χ0v) is 12.7. The van der Waals surface area contributed by atoms with Crippen LogP contribution in [0.15, 0.2) is 17.0 Å². The third-order valence-electron chi connectivity index (χ3n) is 3.87. The fourth-order valence-corrected chi connectivity index (χ4v) is 4.56. The minimum atomic E-state index is -3.75. The number of carbonyl (C=O) groups is 1. The van der Waals surface area contributed by atoms with Crippen LogP contribution >= 0.6 is 0 Å². The van der Waals surface area contributed by atoms with Gasteiger partial charge in [0.2, 0.25) is 10.0 Å². The molecule has 1 heterocycles. The van der Waals surface area contributed by atoms with Crippen LogP contribution in [0.1, 0.15) is 29.5 Å². The maximum Gasteiger partial charge on any atom is 0.322 e. The number of aliphatic carboxylic acids is 1. The van der Waals surface area contributed by atoms with Gasteiger partial charge < -0.3 is 5.11 Å². The first-order valence-electron chi connectivity index (χ1n) is 6.57. The summed E-state index contributed by atoms with van der Waals surface area (Å²) in [4.78, 5) is 11.4. The zero-order chi connectivity index (χ0) is 15.1. The van der Waals surface area contributed by atoms with Crippen LogP contribution in [0.3, 0.4) is 0 Å². The molecule has 0 aliphatic carbocycles. The van der Waals surface area contributed by atoms with Crippen molar-refractivity contribution < 1.29 is 18.3 Å². The second-order valence-corrected chi connectivity index (χ2v) is 7.17. The number of carboxylic acid groups (broad SMARTS) is 1. The Hall–Kier alpha value is -1.40. The summed E-state index contributed by atoms with van der Waals surface area (Å²) >= 11 is 0. The average molecular weight is 297 g/mol. The van der Waals surface area contributed by atoms with Crippen LogP contribution in [-0.4, -0.2) is 36.4 Å². The van der Waals surface area contributed by atoms with E-state index in [9.17, 15) is 13.2 Å². The molecule has 1 aromatic carbocycles. The molecule has 1 aliphatic rings. The fourth-order valence-electron chi connectivity index (χ4n) is 2.61. The molecule has 1 aromatic rings. The lowest BCUT2D eigenvalue weighted by Crippen LogP contribution is -2.40. The molecule has 1 fully saturated rings. The summed E-state index contributed by atoms with van der Waals surface area (Å²) in [7, 11) is -3.75. The van der Waals surface area contributed by atoms with Gasteiger partial charge in [0.05, 0.1) is 4.90 Å². The smallest absolute Gasteiger partial charge is 0.322 e. The molecule has 0 bridgehead atoms. The van der Waals surface area contributed by atoms with Crippen molar-refractivity contribution in [2.45, 2.75) is 44.6 Å². The number of rotatable bonds is 3. The molecule has 0 radical (unpaired) electrons. The van der Waals surface area contributed by atoms with Crippen LogP contribution in [0.4, 0.5) is 0 Å². The largest absolute Gasteiger partial charge is 0.480 e. The van der Waals surface area contributed by atoms with E-state index >= 15 is 0 Å². The molecule has 1 saturated heterocycles. The number of aryl methyl sites for hydroxylation is 3. The molecular weight excluding hydrogens is 278 g/mol. The van der Waals surface area contributed by atoms with Gasteiger partial charge in [0, 0.05) is 6.54 Å². The predicted molar refractivity (Wildman–Crippen MR) is 75.2 cm³/mol. The summed E-state index contributed by atoms with van der Waals surface area (Å²) in [5.74, 6) is -1.08. The van der Waals surface area contributed by atoms with E-state index in [0.717, 1.165) is 15.4 Å². The second kappa shape index (κ2) is 5.18. The highest BCUT2D eigenvalue weighted by Gasteiger charge is 2.40. The lowest BCUT2D eigenvalue weighted by molar-refractivity contribution is -0.140. The number of carboxylic acids is 1. The SMILES string of the molecule is Cc1cc(C)c(S(=O)(=O)N2CCCC2C(=O)O)cc1C. The number of benzene rings is 1. The summed E-state index contributed by atoms with van der Waals surface area (Å²) in [5, 5.41) is 9.16. The highest BCUT2D eigenvalue weighted by atomic mass is 32.2. The number of hydrogen-bond acceptors (Lipinski definition) is 3. The molecule has 5 nitrogen and oxygen atoms in total. The molecule has 20 heavy (non-hydrogen) atoms. The normalized spacial score (nSPS) is 20.2. The van der Waals surface area contributed by atoms with Crippen molar-refractivity contribution in [1.29, 1.82) is 0 Å². The summed E-state index contributed by atoms with van der Waals surface area (Å²) in [6.07, 6.45) is 0.957. The van der Waals surface area contributed by atoms with E-state index in [-0.39, 0.29) is 11.4 Å². The first-order valence-corrected chi connectivity index (χ1v) is 8.01. The Kier molecular flexibility index (Phi) is 3.88. The molecule has 1 N–H and O–H groups in total. The molecular formula is C14H19NO4S. The van der Waals surface area contributed by atoms with Crippen molar-refractivity contribution in [3.8, 4) is 0 Å². The average Bonchev–Trinajstić information content (AvgIpc) is 2.83. The Balaban J connectivity index is 2.50. The van der Waals surface area contributed by atoms with Crippen LogP contribution in [0, 0.1) is 20.8 Å². The maximum atomic E-state index is 12.7. The van der Waals surface area contributed by atoms with Crippen molar-refractivity contribution in [3.63, 3.8) is 0 Å². The summed E-state index contributed by atoms with van der Waals surface area (Å²) in [6, 6.07) is 2.52. The third-order valence-corrected chi connectivity index (χ3v) is 5.92. The zero-order valence-electron chi connectivity index (χ0n) is 11.9. The minimum Gasteiger partial charge on any atom is -0.480 e. The molecule has 2 rings (SSSR count). The lowest BCUT2D eigenvalue weighted by atomic mass is 10.1. The maximum absolute atomic E-state index is 12.7. The van der Waals surface area contributed by atoms with Gasteiger partial charge in [-0.25, -0.2) is 8.42 Å². The Labute approximate surface area is 119 Å². The Bertz CT molecular complexity index is 651. The Morgan fingerprint density at radius 1 is 1.20 bits per heavy atom. The molecule has 0 saturated carbocycles. The molecule has 1 atom stereocenters. The lowest BCUT2D eigenvalue weighted by Gasteiger charge is -2.22. The predicted octanol–water partition coefficient (Wildman–Crippen LogP) is 1.85. The van der Waals surface area contributed by atoms with Crippen molar-refractivity contribution >= 4 is 16.0 Å². The number of nitrogens with zero attached hydrogens (tertiary/aromatic N) is 1. The summed E-state index contributed by atoms with van der Waals surface area (Å²) < 4.78 is 26.5. The molecule has 0 spiro atoms. The number of hydrogen-bond donors (Lipinski definition) is 1. The summed E-state index contributed by atoms with van der Waals surface area (Å²) in [6.45, 7) is 5.79. The molecule has 1 unspecified atom stereocenters. The van der Waals surface area contributed by atoms with Gasteiger partial charge >= 0.3 is 5.97 Å². The Morgan fingerprint density at radius 3 is 2.40 bits per heavy atom. The van der Waals surface area contributed by atoms with Gasteiger partial charge in [-0.1, -0.05) is 6.07 Å².